The Labute approximate surface area is 196 Å². The molecule has 0 aliphatic heterocycles. The molecule has 32 heavy (non-hydrogen) atoms. The minimum Gasteiger partial charge on any atom is -0.493 e. The second-order valence-electron chi connectivity index (χ2n) is 8.59. The monoisotopic (exact) mass is 440 g/mol. The van der Waals surface area contributed by atoms with E-state index in [1.54, 1.807) is 0 Å². The average molecular weight is 441 g/mol. The van der Waals surface area contributed by atoms with Crippen LogP contribution < -0.4 is 14.5 Å². The molecule has 0 bridgehead atoms. The van der Waals surface area contributed by atoms with Gasteiger partial charge < -0.3 is 19.3 Å². The Balaban J connectivity index is 2.43. The van der Waals surface area contributed by atoms with Crippen molar-refractivity contribution in [1.29, 1.82) is 0 Å². The third-order valence-electron chi connectivity index (χ3n) is 5.71. The van der Waals surface area contributed by atoms with Gasteiger partial charge in [0, 0.05) is 56.8 Å². The highest BCUT2D eigenvalue weighted by Gasteiger charge is 2.21. The van der Waals surface area contributed by atoms with Gasteiger partial charge in [0.2, 0.25) is 0 Å². The molecule has 0 saturated heterocycles. The van der Waals surface area contributed by atoms with Gasteiger partial charge in [-0.2, -0.15) is 0 Å². The Morgan fingerprint density at radius 1 is 0.781 bits per heavy atom. The molecular formula is C28H44N2O2. The Hall–Kier alpha value is -2.20. The maximum absolute atomic E-state index is 6.37. The van der Waals surface area contributed by atoms with Crippen molar-refractivity contribution in [2.45, 2.75) is 65.9 Å². The van der Waals surface area contributed by atoms with Crippen molar-refractivity contribution < 1.29 is 9.47 Å². The fourth-order valence-corrected chi connectivity index (χ4v) is 3.83. The van der Waals surface area contributed by atoms with Crippen molar-refractivity contribution in [3.63, 3.8) is 0 Å². The van der Waals surface area contributed by atoms with Gasteiger partial charge in [-0.25, -0.2) is 0 Å². The first-order valence-electron chi connectivity index (χ1n) is 12.5. The maximum atomic E-state index is 6.37. The lowest BCUT2D eigenvalue weighted by molar-refractivity contribution is 0.0784. The van der Waals surface area contributed by atoms with Crippen LogP contribution in [0.2, 0.25) is 0 Å². The molecule has 4 nitrogen and oxygen atoms in total. The molecule has 0 fully saturated rings. The number of hydrogen-bond donors (Lipinski definition) is 0. The van der Waals surface area contributed by atoms with Crippen LogP contribution in [0.1, 0.15) is 77.0 Å². The minimum absolute atomic E-state index is 0.138. The number of rotatable bonds is 15. The number of ether oxygens (including phenoxy) is 2. The van der Waals surface area contributed by atoms with Gasteiger partial charge in [0.15, 0.2) is 0 Å². The van der Waals surface area contributed by atoms with Crippen LogP contribution in [0.15, 0.2) is 42.5 Å². The standard InChI is InChI=1S/C28H44N2O2/c1-7-11-19-30(20-12-8-2)25-17-18-26(27(22-25)31-10-4)28(32-21-9-3)23-13-15-24(16-14-23)29(5)6/h13-18,22,28H,7-12,19-21H2,1-6H3. The first-order chi connectivity index (χ1) is 15.5. The summed E-state index contributed by atoms with van der Waals surface area (Å²) in [5, 5.41) is 0. The van der Waals surface area contributed by atoms with Gasteiger partial charge in [0.1, 0.15) is 11.9 Å². The summed E-state index contributed by atoms with van der Waals surface area (Å²) in [6, 6.07) is 15.3. The van der Waals surface area contributed by atoms with Crippen molar-refractivity contribution >= 4 is 11.4 Å². The summed E-state index contributed by atoms with van der Waals surface area (Å²) >= 11 is 0. The van der Waals surface area contributed by atoms with E-state index in [9.17, 15) is 0 Å². The summed E-state index contributed by atoms with van der Waals surface area (Å²) < 4.78 is 12.5. The first kappa shape index (κ1) is 26.1. The van der Waals surface area contributed by atoms with Crippen LogP contribution in [-0.2, 0) is 4.74 Å². The van der Waals surface area contributed by atoms with Gasteiger partial charge in [-0.3, -0.25) is 0 Å². The van der Waals surface area contributed by atoms with E-state index >= 15 is 0 Å². The van der Waals surface area contributed by atoms with Gasteiger partial charge in [0.05, 0.1) is 6.61 Å². The maximum Gasteiger partial charge on any atom is 0.127 e. The molecule has 0 heterocycles. The highest BCUT2D eigenvalue weighted by Crippen LogP contribution is 2.36. The smallest absolute Gasteiger partial charge is 0.127 e. The zero-order valence-corrected chi connectivity index (χ0v) is 21.2. The number of nitrogens with zero attached hydrogens (tertiary/aromatic N) is 2. The lowest BCUT2D eigenvalue weighted by Gasteiger charge is -2.27. The molecule has 1 atom stereocenters. The van der Waals surface area contributed by atoms with E-state index in [4.69, 9.17) is 9.47 Å². The van der Waals surface area contributed by atoms with Gasteiger partial charge in [-0.05, 0) is 49.9 Å². The Bertz CT molecular complexity index is 766. The lowest BCUT2D eigenvalue weighted by atomic mass is 9.99. The van der Waals surface area contributed by atoms with Crippen LogP contribution in [-0.4, -0.2) is 40.4 Å². The molecule has 0 amide bonds. The van der Waals surface area contributed by atoms with E-state index in [1.165, 1.54) is 37.1 Å². The van der Waals surface area contributed by atoms with E-state index in [1.807, 2.05) is 0 Å². The van der Waals surface area contributed by atoms with Crippen molar-refractivity contribution in [2.24, 2.45) is 0 Å². The molecule has 4 heteroatoms. The van der Waals surface area contributed by atoms with Crippen LogP contribution in [0.25, 0.3) is 0 Å². The Morgan fingerprint density at radius 2 is 1.41 bits per heavy atom. The van der Waals surface area contributed by atoms with Crippen LogP contribution in [0, 0.1) is 0 Å². The fraction of sp³-hybridized carbons (Fsp3) is 0.571. The summed E-state index contributed by atoms with van der Waals surface area (Å²) in [5.41, 5.74) is 4.70. The number of benzene rings is 2. The molecule has 0 aliphatic rings. The quantitative estimate of drug-likeness (QED) is 0.295. The highest BCUT2D eigenvalue weighted by atomic mass is 16.5. The zero-order chi connectivity index (χ0) is 23.3. The molecule has 178 valence electrons. The van der Waals surface area contributed by atoms with Crippen LogP contribution >= 0.6 is 0 Å². The third-order valence-corrected chi connectivity index (χ3v) is 5.71. The molecule has 0 aromatic heterocycles. The number of unbranched alkanes of at least 4 members (excludes halogenated alkanes) is 2. The van der Waals surface area contributed by atoms with Gasteiger partial charge in [-0.1, -0.05) is 51.8 Å². The minimum atomic E-state index is -0.138. The SMILES string of the molecule is CCCCN(CCCC)c1ccc(C(OCCC)c2ccc(N(C)C)cc2)c(OCC)c1. The summed E-state index contributed by atoms with van der Waals surface area (Å²) in [7, 11) is 4.13. The van der Waals surface area contributed by atoms with Crippen LogP contribution in [0.5, 0.6) is 5.75 Å². The summed E-state index contributed by atoms with van der Waals surface area (Å²) in [6.07, 6.45) is 5.66. The van der Waals surface area contributed by atoms with Gasteiger partial charge in [-0.15, -0.1) is 0 Å². The first-order valence-corrected chi connectivity index (χ1v) is 12.5. The topological polar surface area (TPSA) is 24.9 Å². The zero-order valence-electron chi connectivity index (χ0n) is 21.2. The normalized spacial score (nSPS) is 11.9. The lowest BCUT2D eigenvalue weighted by Crippen LogP contribution is -2.25. The van der Waals surface area contributed by atoms with Crippen LogP contribution in [0.3, 0.4) is 0 Å². The molecule has 1 unspecified atom stereocenters. The molecule has 0 saturated carbocycles. The molecule has 0 N–H and O–H groups in total. The Morgan fingerprint density at radius 3 is 1.94 bits per heavy atom. The molecule has 2 aromatic carbocycles. The number of anilines is 2. The molecule has 2 rings (SSSR count). The summed E-state index contributed by atoms with van der Waals surface area (Å²) in [4.78, 5) is 4.63. The van der Waals surface area contributed by atoms with E-state index in [0.29, 0.717) is 13.2 Å². The van der Waals surface area contributed by atoms with Gasteiger partial charge >= 0.3 is 0 Å². The second-order valence-corrected chi connectivity index (χ2v) is 8.59. The summed E-state index contributed by atoms with van der Waals surface area (Å²) in [5.74, 6) is 0.931. The van der Waals surface area contributed by atoms with E-state index in [-0.39, 0.29) is 6.10 Å². The van der Waals surface area contributed by atoms with E-state index < -0.39 is 0 Å². The van der Waals surface area contributed by atoms with Crippen molar-refractivity contribution in [3.05, 3.63) is 53.6 Å². The fourth-order valence-electron chi connectivity index (χ4n) is 3.83. The van der Waals surface area contributed by atoms with Crippen molar-refractivity contribution in [3.8, 4) is 5.75 Å². The predicted molar refractivity (Wildman–Crippen MR) is 138 cm³/mol. The van der Waals surface area contributed by atoms with Crippen molar-refractivity contribution in [2.75, 3.05) is 50.2 Å². The highest BCUT2D eigenvalue weighted by molar-refractivity contribution is 5.56. The molecular weight excluding hydrogens is 396 g/mol. The van der Waals surface area contributed by atoms with E-state index in [0.717, 1.165) is 36.4 Å². The Kier molecular flexibility index (Phi) is 11.4. The molecule has 0 aliphatic carbocycles. The number of hydrogen-bond acceptors (Lipinski definition) is 4. The summed E-state index contributed by atoms with van der Waals surface area (Å²) in [6.45, 7) is 12.2. The van der Waals surface area contributed by atoms with Crippen molar-refractivity contribution in [1.82, 2.24) is 0 Å². The second kappa shape index (κ2) is 14.1. The largest absolute Gasteiger partial charge is 0.493 e. The predicted octanol–water partition coefficient (Wildman–Crippen LogP) is 7.07. The average Bonchev–Trinajstić information content (AvgIpc) is 2.80. The van der Waals surface area contributed by atoms with Crippen LogP contribution in [0.4, 0.5) is 11.4 Å². The van der Waals surface area contributed by atoms with Gasteiger partial charge in [0.25, 0.3) is 0 Å². The molecule has 2 aromatic rings. The molecule has 0 radical (unpaired) electrons. The molecule has 0 spiro atoms. The van der Waals surface area contributed by atoms with E-state index in [2.05, 4.69) is 94.1 Å². The third kappa shape index (κ3) is 7.44.